The second-order valence-corrected chi connectivity index (χ2v) is 4.63. The third kappa shape index (κ3) is 2.47. The third-order valence-electron chi connectivity index (χ3n) is 3.43. The summed E-state index contributed by atoms with van der Waals surface area (Å²) in [5.41, 5.74) is 1.16. The molecule has 0 heterocycles. The van der Waals surface area contributed by atoms with Crippen LogP contribution in [0.5, 0.6) is 0 Å². The lowest BCUT2D eigenvalue weighted by atomic mass is 9.72. The average molecular weight is 204 g/mol. The maximum Gasteiger partial charge on any atom is 0.136 e. The van der Waals surface area contributed by atoms with Crippen molar-refractivity contribution in [1.29, 1.82) is 0 Å². The Kier molecular flexibility index (Phi) is 3.67. The fraction of sp³-hybridized carbons (Fsp3) is 0.500. The van der Waals surface area contributed by atoms with Gasteiger partial charge in [0.15, 0.2) is 0 Å². The molecule has 0 spiro atoms. The van der Waals surface area contributed by atoms with E-state index in [0.29, 0.717) is 12.2 Å². The lowest BCUT2D eigenvalue weighted by Gasteiger charge is -2.31. The number of Topliss-reactive ketones (excluding diaryl/α,β-unsaturated/α-hetero) is 1. The Bertz CT molecular complexity index is 324. The van der Waals surface area contributed by atoms with Gasteiger partial charge in [-0.3, -0.25) is 4.79 Å². The maximum absolute atomic E-state index is 11.7. The van der Waals surface area contributed by atoms with Gasteiger partial charge < -0.3 is 0 Å². The van der Waals surface area contributed by atoms with E-state index in [1.165, 1.54) is 5.56 Å². The van der Waals surface area contributed by atoms with E-state index in [1.807, 2.05) is 32.0 Å². The highest BCUT2D eigenvalue weighted by Crippen LogP contribution is 2.32. The summed E-state index contributed by atoms with van der Waals surface area (Å²) in [6.45, 7) is 8.24. The monoisotopic (exact) mass is 204 g/mol. The van der Waals surface area contributed by atoms with E-state index in [0.717, 1.165) is 0 Å². The fourth-order valence-electron chi connectivity index (χ4n) is 1.83. The summed E-state index contributed by atoms with van der Waals surface area (Å²) in [4.78, 5) is 11.7. The number of carbonyl (C=O) groups excluding carboxylic acids is 1. The molecule has 0 saturated heterocycles. The molecule has 1 heteroatoms. The molecule has 1 aromatic rings. The van der Waals surface area contributed by atoms with Crippen molar-refractivity contribution in [2.75, 3.05) is 0 Å². The molecule has 0 saturated carbocycles. The first-order valence-electron chi connectivity index (χ1n) is 5.58. The van der Waals surface area contributed by atoms with Gasteiger partial charge in [-0.1, -0.05) is 58.0 Å². The number of hydrogen-bond acceptors (Lipinski definition) is 1. The van der Waals surface area contributed by atoms with E-state index in [-0.39, 0.29) is 11.3 Å². The van der Waals surface area contributed by atoms with E-state index >= 15 is 0 Å². The summed E-state index contributed by atoms with van der Waals surface area (Å²) in [7, 11) is 0. The predicted octanol–water partition coefficient (Wildman–Crippen LogP) is 3.58. The van der Waals surface area contributed by atoms with Crippen LogP contribution in [0, 0.1) is 5.92 Å². The SMILES string of the molecule is CCC(=O)C(C)C(C)(C)c1ccccc1. The smallest absolute Gasteiger partial charge is 0.136 e. The Morgan fingerprint density at radius 1 is 1.27 bits per heavy atom. The Hall–Kier alpha value is -1.11. The van der Waals surface area contributed by atoms with Crippen LogP contribution in [0.15, 0.2) is 30.3 Å². The molecule has 1 aromatic carbocycles. The lowest BCUT2D eigenvalue weighted by molar-refractivity contribution is -0.123. The van der Waals surface area contributed by atoms with Crippen LogP contribution in [0.2, 0.25) is 0 Å². The van der Waals surface area contributed by atoms with Gasteiger partial charge in [0.1, 0.15) is 5.78 Å². The summed E-state index contributed by atoms with van der Waals surface area (Å²) >= 11 is 0. The summed E-state index contributed by atoms with van der Waals surface area (Å²) in [5, 5.41) is 0. The Balaban J connectivity index is 2.97. The zero-order valence-electron chi connectivity index (χ0n) is 10.1. The van der Waals surface area contributed by atoms with Gasteiger partial charge >= 0.3 is 0 Å². The van der Waals surface area contributed by atoms with E-state index in [4.69, 9.17) is 0 Å². The highest BCUT2D eigenvalue weighted by atomic mass is 16.1. The van der Waals surface area contributed by atoms with Crippen molar-refractivity contribution in [1.82, 2.24) is 0 Å². The summed E-state index contributed by atoms with van der Waals surface area (Å²) in [5.74, 6) is 0.411. The molecular formula is C14H20O. The van der Waals surface area contributed by atoms with Crippen LogP contribution in [0.4, 0.5) is 0 Å². The normalized spacial score (nSPS) is 13.6. The number of ketones is 1. The topological polar surface area (TPSA) is 17.1 Å². The first-order chi connectivity index (χ1) is 7.00. The minimum Gasteiger partial charge on any atom is -0.299 e. The summed E-state index contributed by atoms with van der Waals surface area (Å²) < 4.78 is 0. The number of rotatable bonds is 4. The molecule has 0 amide bonds. The van der Waals surface area contributed by atoms with Crippen molar-refractivity contribution in [3.05, 3.63) is 35.9 Å². The van der Waals surface area contributed by atoms with Gasteiger partial charge in [-0.2, -0.15) is 0 Å². The molecule has 82 valence electrons. The highest BCUT2D eigenvalue weighted by Gasteiger charge is 2.31. The van der Waals surface area contributed by atoms with Gasteiger partial charge in [0.2, 0.25) is 0 Å². The molecule has 0 aromatic heterocycles. The molecule has 0 aliphatic rings. The second-order valence-electron chi connectivity index (χ2n) is 4.63. The van der Waals surface area contributed by atoms with Crippen LogP contribution >= 0.6 is 0 Å². The van der Waals surface area contributed by atoms with Gasteiger partial charge in [0, 0.05) is 12.3 Å². The number of hydrogen-bond donors (Lipinski definition) is 0. The zero-order valence-corrected chi connectivity index (χ0v) is 10.1. The first kappa shape index (κ1) is 12.0. The quantitative estimate of drug-likeness (QED) is 0.732. The molecular weight excluding hydrogens is 184 g/mol. The second kappa shape index (κ2) is 4.61. The number of benzene rings is 1. The van der Waals surface area contributed by atoms with Crippen molar-refractivity contribution in [2.24, 2.45) is 5.92 Å². The van der Waals surface area contributed by atoms with Crippen molar-refractivity contribution >= 4 is 5.78 Å². The molecule has 1 nitrogen and oxygen atoms in total. The molecule has 0 radical (unpaired) electrons. The van der Waals surface area contributed by atoms with Crippen LogP contribution in [0.1, 0.15) is 39.7 Å². The first-order valence-corrected chi connectivity index (χ1v) is 5.58. The van der Waals surface area contributed by atoms with Gasteiger partial charge in [0.05, 0.1) is 0 Å². The van der Waals surface area contributed by atoms with Crippen molar-refractivity contribution in [3.63, 3.8) is 0 Å². The maximum atomic E-state index is 11.7. The molecule has 0 aliphatic heterocycles. The van der Waals surface area contributed by atoms with Crippen molar-refractivity contribution < 1.29 is 4.79 Å². The molecule has 15 heavy (non-hydrogen) atoms. The molecule has 0 N–H and O–H groups in total. The molecule has 1 rings (SSSR count). The standard InChI is InChI=1S/C14H20O/c1-5-13(15)11(2)14(3,4)12-9-7-6-8-10-12/h6-11H,5H2,1-4H3. The fourth-order valence-corrected chi connectivity index (χ4v) is 1.83. The highest BCUT2D eigenvalue weighted by molar-refractivity contribution is 5.81. The Morgan fingerprint density at radius 3 is 2.27 bits per heavy atom. The van der Waals surface area contributed by atoms with Crippen LogP contribution in [0.3, 0.4) is 0 Å². The molecule has 1 atom stereocenters. The minimum atomic E-state index is -0.0750. The summed E-state index contributed by atoms with van der Waals surface area (Å²) in [6, 6.07) is 10.3. The van der Waals surface area contributed by atoms with Gasteiger partial charge in [-0.05, 0) is 11.0 Å². The van der Waals surface area contributed by atoms with Crippen LogP contribution < -0.4 is 0 Å². The lowest BCUT2D eigenvalue weighted by Crippen LogP contribution is -2.32. The zero-order chi connectivity index (χ0) is 11.5. The number of carbonyl (C=O) groups is 1. The van der Waals surface area contributed by atoms with Crippen molar-refractivity contribution in [2.45, 2.75) is 39.5 Å². The largest absolute Gasteiger partial charge is 0.299 e. The van der Waals surface area contributed by atoms with Gasteiger partial charge in [-0.25, -0.2) is 0 Å². The Morgan fingerprint density at radius 2 is 1.80 bits per heavy atom. The molecule has 0 aliphatic carbocycles. The minimum absolute atomic E-state index is 0.0740. The van der Waals surface area contributed by atoms with E-state index in [1.54, 1.807) is 0 Å². The van der Waals surface area contributed by atoms with E-state index < -0.39 is 0 Å². The van der Waals surface area contributed by atoms with Gasteiger partial charge in [0.25, 0.3) is 0 Å². The average Bonchev–Trinajstić information content (AvgIpc) is 2.28. The molecule has 1 unspecified atom stereocenters. The molecule has 0 bridgehead atoms. The Labute approximate surface area is 92.5 Å². The van der Waals surface area contributed by atoms with E-state index in [9.17, 15) is 4.79 Å². The van der Waals surface area contributed by atoms with Crippen LogP contribution in [-0.2, 0) is 10.2 Å². The van der Waals surface area contributed by atoms with Gasteiger partial charge in [-0.15, -0.1) is 0 Å². The third-order valence-corrected chi connectivity index (χ3v) is 3.43. The van der Waals surface area contributed by atoms with Crippen molar-refractivity contribution in [3.8, 4) is 0 Å². The predicted molar refractivity (Wildman–Crippen MR) is 63.9 cm³/mol. The van der Waals surface area contributed by atoms with E-state index in [2.05, 4.69) is 26.0 Å². The van der Waals surface area contributed by atoms with Crippen LogP contribution in [0.25, 0.3) is 0 Å². The van der Waals surface area contributed by atoms with Crippen LogP contribution in [-0.4, -0.2) is 5.78 Å². The summed E-state index contributed by atoms with van der Waals surface area (Å²) in [6.07, 6.45) is 0.622. The molecule has 0 fully saturated rings.